The van der Waals surface area contributed by atoms with Gasteiger partial charge in [-0.1, -0.05) is 6.07 Å². The average molecular weight is 387 g/mol. The lowest BCUT2D eigenvalue weighted by Crippen LogP contribution is -2.14. The molecule has 4 rings (SSSR count). The van der Waals surface area contributed by atoms with Crippen molar-refractivity contribution < 1.29 is 4.79 Å². The van der Waals surface area contributed by atoms with E-state index in [1.165, 1.54) is 0 Å². The molecule has 0 saturated carbocycles. The molecule has 4 aromatic rings. The highest BCUT2D eigenvalue weighted by Crippen LogP contribution is 2.28. The predicted octanol–water partition coefficient (Wildman–Crippen LogP) is 4.15. The molecule has 0 spiro atoms. The predicted molar refractivity (Wildman–Crippen MR) is 110 cm³/mol. The highest BCUT2D eigenvalue weighted by Gasteiger charge is 2.09. The lowest BCUT2D eigenvalue weighted by Gasteiger charge is -2.05. The fraction of sp³-hybridized carbons (Fsp3) is 0.0952. The second kappa shape index (κ2) is 8.06. The Morgan fingerprint density at radius 3 is 2.50 bits per heavy atom. The largest absolute Gasteiger partial charge is 0.310 e. The van der Waals surface area contributed by atoms with E-state index < -0.39 is 0 Å². The standard InChI is InChI=1S/C21H17N5OS/c1-14-2-3-16(12-24-14)19-6-5-17(28-19)10-21(27)26-20-7-4-15(11-25-20)18-13-22-8-9-23-18/h2-9,11-13H,10H2,1H3,(H,25,26,27). The summed E-state index contributed by atoms with van der Waals surface area (Å²) >= 11 is 1.59. The van der Waals surface area contributed by atoms with Crippen molar-refractivity contribution in [2.75, 3.05) is 5.32 Å². The first kappa shape index (κ1) is 17.9. The monoisotopic (exact) mass is 387 g/mol. The minimum absolute atomic E-state index is 0.102. The Kier molecular flexibility index (Phi) is 5.16. The normalized spacial score (nSPS) is 10.6. The molecule has 0 fully saturated rings. The third-order valence-electron chi connectivity index (χ3n) is 4.08. The van der Waals surface area contributed by atoms with Gasteiger partial charge in [-0.05, 0) is 37.3 Å². The Balaban J connectivity index is 1.39. The molecule has 1 amide bonds. The van der Waals surface area contributed by atoms with Gasteiger partial charge in [-0.2, -0.15) is 0 Å². The molecule has 7 heteroatoms. The van der Waals surface area contributed by atoms with Gasteiger partial charge in [-0.3, -0.25) is 19.7 Å². The van der Waals surface area contributed by atoms with Crippen molar-refractivity contribution in [2.45, 2.75) is 13.3 Å². The smallest absolute Gasteiger partial charge is 0.230 e. The molecular weight excluding hydrogens is 370 g/mol. The zero-order valence-electron chi connectivity index (χ0n) is 15.2. The number of aryl methyl sites for hydroxylation is 1. The van der Waals surface area contributed by atoms with E-state index in [9.17, 15) is 4.79 Å². The van der Waals surface area contributed by atoms with Crippen molar-refractivity contribution in [1.82, 2.24) is 19.9 Å². The molecule has 0 saturated heterocycles. The topological polar surface area (TPSA) is 80.7 Å². The summed E-state index contributed by atoms with van der Waals surface area (Å²) in [5, 5.41) is 2.83. The molecule has 0 aliphatic heterocycles. The quantitative estimate of drug-likeness (QED) is 0.556. The summed E-state index contributed by atoms with van der Waals surface area (Å²) in [6, 6.07) is 11.6. The van der Waals surface area contributed by atoms with Crippen molar-refractivity contribution in [1.29, 1.82) is 0 Å². The van der Waals surface area contributed by atoms with Crippen LogP contribution in [0.1, 0.15) is 10.6 Å². The highest BCUT2D eigenvalue weighted by molar-refractivity contribution is 7.15. The van der Waals surface area contributed by atoms with E-state index >= 15 is 0 Å². The molecule has 0 aromatic carbocycles. The molecule has 0 aliphatic carbocycles. The molecule has 0 unspecified atom stereocenters. The van der Waals surface area contributed by atoms with E-state index in [1.807, 2.05) is 43.5 Å². The number of hydrogen-bond donors (Lipinski definition) is 1. The average Bonchev–Trinajstić information content (AvgIpc) is 3.18. The molecule has 4 aromatic heterocycles. The van der Waals surface area contributed by atoms with Crippen molar-refractivity contribution in [3.63, 3.8) is 0 Å². The third-order valence-corrected chi connectivity index (χ3v) is 5.22. The van der Waals surface area contributed by atoms with Gasteiger partial charge in [0.1, 0.15) is 5.82 Å². The maximum Gasteiger partial charge on any atom is 0.230 e. The molecular formula is C21H17N5OS. The van der Waals surface area contributed by atoms with E-state index in [1.54, 1.807) is 42.2 Å². The van der Waals surface area contributed by atoms with Crippen LogP contribution >= 0.6 is 11.3 Å². The van der Waals surface area contributed by atoms with Crippen molar-refractivity contribution in [3.8, 4) is 21.7 Å². The molecule has 0 bridgehead atoms. The maximum absolute atomic E-state index is 12.3. The number of rotatable bonds is 5. The summed E-state index contributed by atoms with van der Waals surface area (Å²) in [7, 11) is 0. The number of nitrogens with one attached hydrogen (secondary N) is 1. The van der Waals surface area contributed by atoms with Gasteiger partial charge in [-0.25, -0.2) is 4.98 Å². The number of nitrogens with zero attached hydrogens (tertiary/aromatic N) is 4. The van der Waals surface area contributed by atoms with Gasteiger partial charge in [0.25, 0.3) is 0 Å². The number of carbonyl (C=O) groups is 1. The van der Waals surface area contributed by atoms with Crippen LogP contribution in [0.15, 0.2) is 67.4 Å². The van der Waals surface area contributed by atoms with Crippen LogP contribution in [-0.4, -0.2) is 25.8 Å². The van der Waals surface area contributed by atoms with Gasteiger partial charge in [0.2, 0.25) is 5.91 Å². The maximum atomic E-state index is 12.3. The Hall–Kier alpha value is -3.45. The zero-order valence-corrected chi connectivity index (χ0v) is 16.0. The van der Waals surface area contributed by atoms with Gasteiger partial charge in [0, 0.05) is 51.4 Å². The molecule has 0 atom stereocenters. The molecule has 138 valence electrons. The summed E-state index contributed by atoms with van der Waals surface area (Å²) in [4.78, 5) is 31.3. The number of anilines is 1. The summed E-state index contributed by atoms with van der Waals surface area (Å²) < 4.78 is 0. The van der Waals surface area contributed by atoms with Crippen LogP contribution in [0.25, 0.3) is 21.7 Å². The zero-order chi connectivity index (χ0) is 19.3. The van der Waals surface area contributed by atoms with Crippen LogP contribution in [0, 0.1) is 6.92 Å². The van der Waals surface area contributed by atoms with Gasteiger partial charge < -0.3 is 5.32 Å². The SMILES string of the molecule is Cc1ccc(-c2ccc(CC(=O)Nc3ccc(-c4cnccn4)cn3)s2)cn1. The van der Waals surface area contributed by atoms with Gasteiger partial charge in [0.15, 0.2) is 0 Å². The first-order chi connectivity index (χ1) is 13.7. The first-order valence-corrected chi connectivity index (χ1v) is 9.53. The lowest BCUT2D eigenvalue weighted by molar-refractivity contribution is -0.115. The van der Waals surface area contributed by atoms with Crippen LogP contribution in [-0.2, 0) is 11.2 Å². The third kappa shape index (κ3) is 4.27. The van der Waals surface area contributed by atoms with Crippen molar-refractivity contribution in [2.24, 2.45) is 0 Å². The van der Waals surface area contributed by atoms with Crippen LogP contribution in [0.4, 0.5) is 5.82 Å². The number of carbonyl (C=O) groups excluding carboxylic acids is 1. The minimum atomic E-state index is -0.102. The molecule has 6 nitrogen and oxygen atoms in total. The molecule has 0 aliphatic rings. The second-order valence-corrected chi connectivity index (χ2v) is 7.37. The van der Waals surface area contributed by atoms with E-state index in [0.717, 1.165) is 32.3 Å². The number of amides is 1. The molecule has 4 heterocycles. The minimum Gasteiger partial charge on any atom is -0.310 e. The van der Waals surface area contributed by atoms with Gasteiger partial charge in [-0.15, -0.1) is 11.3 Å². The van der Waals surface area contributed by atoms with Crippen LogP contribution < -0.4 is 5.32 Å². The fourth-order valence-corrected chi connectivity index (χ4v) is 3.65. The Bertz CT molecular complexity index is 1080. The molecule has 0 radical (unpaired) electrons. The first-order valence-electron chi connectivity index (χ1n) is 8.71. The Labute approximate surface area is 166 Å². The van der Waals surface area contributed by atoms with Crippen LogP contribution in [0.5, 0.6) is 0 Å². The van der Waals surface area contributed by atoms with Crippen molar-refractivity contribution >= 4 is 23.1 Å². The van der Waals surface area contributed by atoms with Gasteiger partial charge >= 0.3 is 0 Å². The van der Waals surface area contributed by atoms with Crippen molar-refractivity contribution in [3.05, 3.63) is 78.0 Å². The number of pyridine rings is 2. The van der Waals surface area contributed by atoms with E-state index in [-0.39, 0.29) is 5.91 Å². The molecule has 28 heavy (non-hydrogen) atoms. The summed E-state index contributed by atoms with van der Waals surface area (Å²) in [6.07, 6.45) is 8.76. The Morgan fingerprint density at radius 1 is 0.929 bits per heavy atom. The lowest BCUT2D eigenvalue weighted by atomic mass is 10.2. The summed E-state index contributed by atoms with van der Waals surface area (Å²) in [5.74, 6) is 0.410. The summed E-state index contributed by atoms with van der Waals surface area (Å²) in [6.45, 7) is 1.96. The second-order valence-electron chi connectivity index (χ2n) is 6.20. The van der Waals surface area contributed by atoms with Crippen LogP contribution in [0.2, 0.25) is 0 Å². The number of thiophene rings is 1. The molecule has 1 N–H and O–H groups in total. The summed E-state index contributed by atoms with van der Waals surface area (Å²) in [5.41, 5.74) is 3.63. The number of aromatic nitrogens is 4. The van der Waals surface area contributed by atoms with E-state index in [0.29, 0.717) is 12.2 Å². The van der Waals surface area contributed by atoms with Crippen LogP contribution in [0.3, 0.4) is 0 Å². The van der Waals surface area contributed by atoms with Gasteiger partial charge in [0.05, 0.1) is 18.3 Å². The Morgan fingerprint density at radius 2 is 1.79 bits per heavy atom. The highest BCUT2D eigenvalue weighted by atomic mass is 32.1. The van der Waals surface area contributed by atoms with E-state index in [4.69, 9.17) is 0 Å². The van der Waals surface area contributed by atoms with E-state index in [2.05, 4.69) is 25.3 Å². The fourth-order valence-electron chi connectivity index (χ4n) is 2.65. The number of hydrogen-bond acceptors (Lipinski definition) is 6.